The number of carbonyl (C=O) groups excluding carboxylic acids is 1. The maximum atomic E-state index is 12.4. The van der Waals surface area contributed by atoms with Crippen LogP contribution in [0.2, 0.25) is 0 Å². The Kier molecular flexibility index (Phi) is 7.45. The number of aromatic nitrogens is 2. The monoisotopic (exact) mass is 385 g/mol. The number of hydrogen-bond acceptors (Lipinski definition) is 5. The molecule has 1 aromatic carbocycles. The van der Waals surface area contributed by atoms with Gasteiger partial charge in [0.05, 0.1) is 12.6 Å². The van der Waals surface area contributed by atoms with Crippen LogP contribution in [0.4, 0.5) is 0 Å². The number of nitrogens with zero attached hydrogens (tertiary/aromatic N) is 3. The Morgan fingerprint density at radius 1 is 1.32 bits per heavy atom. The molecule has 1 aromatic heterocycles. The summed E-state index contributed by atoms with van der Waals surface area (Å²) in [4.78, 5) is 14.5. The van der Waals surface area contributed by atoms with Crippen molar-refractivity contribution in [3.8, 4) is 5.75 Å². The van der Waals surface area contributed by atoms with E-state index in [0.29, 0.717) is 24.9 Å². The first-order valence-corrected chi connectivity index (χ1v) is 10.0. The first-order chi connectivity index (χ1) is 13.6. The number of carbonyl (C=O) groups is 1. The van der Waals surface area contributed by atoms with Crippen LogP contribution in [0.1, 0.15) is 41.4 Å². The molecule has 0 radical (unpaired) electrons. The Hall–Kier alpha value is -2.38. The van der Waals surface area contributed by atoms with Gasteiger partial charge in [-0.2, -0.15) is 5.10 Å². The van der Waals surface area contributed by atoms with Gasteiger partial charge < -0.3 is 20.3 Å². The van der Waals surface area contributed by atoms with Gasteiger partial charge in [0.25, 0.3) is 5.91 Å². The fraction of sp³-hybridized carbons (Fsp3) is 0.524. The lowest BCUT2D eigenvalue weighted by Crippen LogP contribution is -2.32. The van der Waals surface area contributed by atoms with Crippen molar-refractivity contribution in [1.82, 2.24) is 25.3 Å². The van der Waals surface area contributed by atoms with Crippen molar-refractivity contribution < 1.29 is 9.53 Å². The summed E-state index contributed by atoms with van der Waals surface area (Å²) >= 11 is 0. The van der Waals surface area contributed by atoms with Gasteiger partial charge in [0.2, 0.25) is 0 Å². The van der Waals surface area contributed by atoms with Gasteiger partial charge in [0, 0.05) is 25.8 Å². The lowest BCUT2D eigenvalue weighted by molar-refractivity contribution is 0.0944. The normalized spacial score (nSPS) is 16.9. The lowest BCUT2D eigenvalue weighted by atomic mass is 10.1. The Morgan fingerprint density at radius 2 is 2.14 bits per heavy atom. The summed E-state index contributed by atoms with van der Waals surface area (Å²) in [6.07, 6.45) is 5.13. The highest BCUT2D eigenvalue weighted by atomic mass is 16.5. The molecule has 3 rings (SSSR count). The van der Waals surface area contributed by atoms with Crippen molar-refractivity contribution in [1.29, 1.82) is 0 Å². The van der Waals surface area contributed by atoms with Crippen LogP contribution in [-0.4, -0.2) is 60.9 Å². The van der Waals surface area contributed by atoms with E-state index in [9.17, 15) is 4.79 Å². The molecule has 7 heteroatoms. The quantitative estimate of drug-likeness (QED) is 0.647. The molecule has 0 saturated carbocycles. The van der Waals surface area contributed by atoms with Crippen LogP contribution in [-0.2, 0) is 6.54 Å². The summed E-state index contributed by atoms with van der Waals surface area (Å²) < 4.78 is 7.64. The topological polar surface area (TPSA) is 71.4 Å². The minimum absolute atomic E-state index is 0.147. The molecule has 0 spiro atoms. The minimum atomic E-state index is -0.147. The maximum Gasteiger partial charge on any atom is 0.272 e. The van der Waals surface area contributed by atoms with Crippen LogP contribution in [0.15, 0.2) is 36.5 Å². The van der Waals surface area contributed by atoms with Gasteiger partial charge in [0.15, 0.2) is 0 Å². The summed E-state index contributed by atoms with van der Waals surface area (Å²) in [5, 5.41) is 10.8. The van der Waals surface area contributed by atoms with Gasteiger partial charge in [-0.05, 0) is 63.7 Å². The van der Waals surface area contributed by atoms with E-state index in [1.165, 1.54) is 0 Å². The Morgan fingerprint density at radius 3 is 2.86 bits per heavy atom. The fourth-order valence-electron chi connectivity index (χ4n) is 3.27. The third-order valence-corrected chi connectivity index (χ3v) is 4.88. The summed E-state index contributed by atoms with van der Waals surface area (Å²) in [6.45, 7) is 4.15. The molecule has 1 aliphatic heterocycles. The molecule has 0 aliphatic carbocycles. The SMILES string of the molecule is CN(C)CCCOc1ccc(CNC(=O)c2ccn(C3CCCNC3)n2)cc1. The second-order valence-electron chi connectivity index (χ2n) is 7.51. The molecule has 1 fully saturated rings. The van der Waals surface area contributed by atoms with E-state index in [2.05, 4.69) is 34.7 Å². The van der Waals surface area contributed by atoms with Crippen LogP contribution < -0.4 is 15.4 Å². The van der Waals surface area contributed by atoms with Crippen molar-refractivity contribution >= 4 is 5.91 Å². The van der Waals surface area contributed by atoms with E-state index in [-0.39, 0.29) is 5.91 Å². The van der Waals surface area contributed by atoms with Gasteiger partial charge in [-0.15, -0.1) is 0 Å². The highest BCUT2D eigenvalue weighted by Crippen LogP contribution is 2.16. The van der Waals surface area contributed by atoms with E-state index in [0.717, 1.165) is 50.2 Å². The lowest BCUT2D eigenvalue weighted by Gasteiger charge is -2.22. The van der Waals surface area contributed by atoms with E-state index in [1.54, 1.807) is 6.07 Å². The first-order valence-electron chi connectivity index (χ1n) is 10.0. The zero-order valence-corrected chi connectivity index (χ0v) is 16.9. The summed E-state index contributed by atoms with van der Waals surface area (Å²) in [6, 6.07) is 9.97. The van der Waals surface area contributed by atoms with Crippen molar-refractivity contribution in [2.75, 3.05) is 40.3 Å². The number of rotatable bonds is 9. The largest absolute Gasteiger partial charge is 0.494 e. The molecule has 1 aliphatic rings. The Bertz CT molecular complexity index is 736. The molecule has 1 unspecified atom stereocenters. The number of piperidine rings is 1. The van der Waals surface area contributed by atoms with Gasteiger partial charge in [0.1, 0.15) is 11.4 Å². The highest BCUT2D eigenvalue weighted by molar-refractivity contribution is 5.92. The molecule has 28 heavy (non-hydrogen) atoms. The molecule has 2 heterocycles. The second kappa shape index (κ2) is 10.2. The number of amides is 1. The zero-order valence-electron chi connectivity index (χ0n) is 16.9. The smallest absolute Gasteiger partial charge is 0.272 e. The molecular weight excluding hydrogens is 354 g/mol. The van der Waals surface area contributed by atoms with Gasteiger partial charge >= 0.3 is 0 Å². The van der Waals surface area contributed by atoms with Crippen LogP contribution in [0.5, 0.6) is 5.75 Å². The first kappa shape index (κ1) is 20.4. The van der Waals surface area contributed by atoms with Gasteiger partial charge in [-0.3, -0.25) is 9.48 Å². The van der Waals surface area contributed by atoms with E-state index >= 15 is 0 Å². The molecule has 2 N–H and O–H groups in total. The number of nitrogens with one attached hydrogen (secondary N) is 2. The number of benzene rings is 1. The van der Waals surface area contributed by atoms with Gasteiger partial charge in [-0.25, -0.2) is 0 Å². The van der Waals surface area contributed by atoms with E-state index < -0.39 is 0 Å². The zero-order chi connectivity index (χ0) is 19.8. The van der Waals surface area contributed by atoms with Crippen LogP contribution >= 0.6 is 0 Å². The van der Waals surface area contributed by atoms with Crippen molar-refractivity contribution in [3.05, 3.63) is 47.8 Å². The molecule has 7 nitrogen and oxygen atoms in total. The van der Waals surface area contributed by atoms with Crippen molar-refractivity contribution in [2.24, 2.45) is 0 Å². The summed E-state index contributed by atoms with van der Waals surface area (Å²) in [5.41, 5.74) is 1.50. The molecule has 0 bridgehead atoms. The second-order valence-corrected chi connectivity index (χ2v) is 7.51. The van der Waals surface area contributed by atoms with Crippen molar-refractivity contribution in [2.45, 2.75) is 31.8 Å². The predicted octanol–water partition coefficient (Wildman–Crippen LogP) is 2.07. The molecule has 1 saturated heterocycles. The number of hydrogen-bond donors (Lipinski definition) is 2. The maximum absolute atomic E-state index is 12.4. The van der Waals surface area contributed by atoms with Crippen LogP contribution in [0.3, 0.4) is 0 Å². The average Bonchev–Trinajstić information content (AvgIpc) is 3.21. The summed E-state index contributed by atoms with van der Waals surface area (Å²) in [5.74, 6) is 0.709. The summed E-state index contributed by atoms with van der Waals surface area (Å²) in [7, 11) is 4.11. The van der Waals surface area contributed by atoms with Crippen LogP contribution in [0, 0.1) is 0 Å². The van der Waals surface area contributed by atoms with Gasteiger partial charge in [-0.1, -0.05) is 12.1 Å². The molecule has 1 amide bonds. The molecular formula is C21H31N5O2. The molecule has 2 aromatic rings. The Labute approximate surface area is 167 Å². The van der Waals surface area contributed by atoms with E-state index in [1.807, 2.05) is 35.1 Å². The predicted molar refractivity (Wildman–Crippen MR) is 110 cm³/mol. The molecule has 152 valence electrons. The number of ether oxygens (including phenoxy) is 1. The standard InChI is InChI=1S/C21H31N5O2/c1-25(2)12-4-14-28-19-8-6-17(7-9-19)15-23-21(27)20-10-13-26(24-20)18-5-3-11-22-16-18/h6-10,13,18,22H,3-5,11-12,14-16H2,1-2H3,(H,23,27). The van der Waals surface area contributed by atoms with Crippen molar-refractivity contribution in [3.63, 3.8) is 0 Å². The average molecular weight is 386 g/mol. The third kappa shape index (κ3) is 6.07. The van der Waals surface area contributed by atoms with Crippen LogP contribution in [0.25, 0.3) is 0 Å². The third-order valence-electron chi connectivity index (χ3n) is 4.88. The minimum Gasteiger partial charge on any atom is -0.494 e. The Balaban J connectivity index is 1.43. The fourth-order valence-corrected chi connectivity index (χ4v) is 3.27. The van der Waals surface area contributed by atoms with E-state index in [4.69, 9.17) is 4.74 Å². The molecule has 1 atom stereocenters. The highest BCUT2D eigenvalue weighted by Gasteiger charge is 2.17.